The lowest BCUT2D eigenvalue weighted by Gasteiger charge is -2.13. The van der Waals surface area contributed by atoms with Crippen LogP contribution in [0.1, 0.15) is 19.1 Å². The number of H-pyrrole nitrogens is 1. The lowest BCUT2D eigenvalue weighted by atomic mass is 10.2. The molecule has 0 aromatic carbocycles. The fourth-order valence-electron chi connectivity index (χ4n) is 2.96. The van der Waals surface area contributed by atoms with Crippen molar-refractivity contribution >= 4 is 11.2 Å². The number of hydrogen-bond acceptors (Lipinski definition) is 6. The first-order chi connectivity index (χ1) is 11.3. The van der Waals surface area contributed by atoms with E-state index in [9.17, 15) is 9.70 Å². The molecule has 23 heavy (non-hydrogen) atoms. The van der Waals surface area contributed by atoms with E-state index in [1.807, 2.05) is 24.5 Å². The molecule has 3 aromatic rings. The third kappa shape index (κ3) is 2.25. The van der Waals surface area contributed by atoms with E-state index >= 15 is 0 Å². The molecule has 1 fully saturated rings. The molecule has 0 saturated carbocycles. The van der Waals surface area contributed by atoms with Crippen molar-refractivity contribution in [2.24, 2.45) is 5.18 Å². The van der Waals surface area contributed by atoms with Gasteiger partial charge in [-0.05, 0) is 25.0 Å². The Labute approximate surface area is 129 Å². The Morgan fingerprint density at radius 3 is 2.91 bits per heavy atom. The molecule has 0 aliphatic carbocycles. The number of aromatic nitrogens is 5. The minimum atomic E-state index is -0.449. The first-order valence-electron chi connectivity index (χ1n) is 7.31. The van der Waals surface area contributed by atoms with Crippen LogP contribution in [0.25, 0.3) is 17.0 Å². The van der Waals surface area contributed by atoms with Crippen molar-refractivity contribution in [3.8, 4) is 5.82 Å². The molecule has 0 spiro atoms. The topological polar surface area (TPSA) is 107 Å². The number of hydrogen-bond donors (Lipinski definition) is 1. The Bertz CT molecular complexity index is 897. The fraction of sp³-hybridized carbons (Fsp3) is 0.357. The molecule has 2 atom stereocenters. The summed E-state index contributed by atoms with van der Waals surface area (Å²) in [6.07, 6.45) is 5.72. The minimum Gasteiger partial charge on any atom is -0.352 e. The number of ether oxygens (including phenoxy) is 1. The molecule has 4 rings (SSSR count). The Hall–Kier alpha value is -2.81. The summed E-state index contributed by atoms with van der Waals surface area (Å²) >= 11 is 0. The van der Waals surface area contributed by atoms with E-state index in [2.05, 4.69) is 20.1 Å². The maximum absolute atomic E-state index is 12.4. The van der Waals surface area contributed by atoms with Crippen molar-refractivity contribution < 1.29 is 4.74 Å². The number of imidazole rings is 1. The summed E-state index contributed by atoms with van der Waals surface area (Å²) in [6.45, 7) is 0.0945. The molecule has 0 amide bonds. The largest absolute Gasteiger partial charge is 0.352 e. The van der Waals surface area contributed by atoms with Crippen LogP contribution in [0.4, 0.5) is 0 Å². The van der Waals surface area contributed by atoms with Crippen LogP contribution < -0.4 is 5.69 Å². The van der Waals surface area contributed by atoms with Gasteiger partial charge in [0, 0.05) is 12.4 Å². The van der Waals surface area contributed by atoms with Gasteiger partial charge < -0.3 is 14.3 Å². The highest BCUT2D eigenvalue weighted by Gasteiger charge is 2.30. The monoisotopic (exact) mass is 314 g/mol. The average molecular weight is 314 g/mol. The van der Waals surface area contributed by atoms with E-state index in [1.54, 1.807) is 4.57 Å². The standard InChI is InChI=1S/C14H14N6O3/c21-14-18-11-12(19-5-1-2-6-19)15-8-16-13(11)20(14)10-4-3-9(23-10)7-17-22/h1-2,5-6,8-10H,3-4,7H2,(H,18,21). The Balaban J connectivity index is 1.80. The molecular weight excluding hydrogens is 300 g/mol. The van der Waals surface area contributed by atoms with Crippen LogP contribution in [0.5, 0.6) is 0 Å². The molecule has 9 nitrogen and oxygen atoms in total. The van der Waals surface area contributed by atoms with Crippen LogP contribution >= 0.6 is 0 Å². The highest BCUT2D eigenvalue weighted by Crippen LogP contribution is 2.29. The summed E-state index contributed by atoms with van der Waals surface area (Å²) in [7, 11) is 0. The molecule has 1 N–H and O–H groups in total. The number of rotatable bonds is 4. The van der Waals surface area contributed by atoms with Gasteiger partial charge in [-0.3, -0.25) is 0 Å². The van der Waals surface area contributed by atoms with Gasteiger partial charge in [0.05, 0.1) is 6.10 Å². The Morgan fingerprint density at radius 2 is 2.13 bits per heavy atom. The van der Waals surface area contributed by atoms with E-state index in [-0.39, 0.29) is 18.3 Å². The molecule has 1 aliphatic heterocycles. The minimum absolute atomic E-state index is 0.0945. The summed E-state index contributed by atoms with van der Waals surface area (Å²) in [4.78, 5) is 34.0. The number of aromatic amines is 1. The van der Waals surface area contributed by atoms with Gasteiger partial charge in [0.2, 0.25) is 0 Å². The van der Waals surface area contributed by atoms with E-state index < -0.39 is 6.23 Å². The zero-order valence-corrected chi connectivity index (χ0v) is 12.1. The first kappa shape index (κ1) is 13.8. The smallest absolute Gasteiger partial charge is 0.329 e. The molecule has 3 aromatic heterocycles. The van der Waals surface area contributed by atoms with Crippen molar-refractivity contribution in [3.05, 3.63) is 46.2 Å². The van der Waals surface area contributed by atoms with Gasteiger partial charge in [0.25, 0.3) is 0 Å². The summed E-state index contributed by atoms with van der Waals surface area (Å²) in [5.41, 5.74) is 0.728. The first-order valence-corrected chi connectivity index (χ1v) is 7.31. The number of nitroso groups, excluding NO2 is 1. The van der Waals surface area contributed by atoms with E-state index in [4.69, 9.17) is 4.74 Å². The predicted octanol–water partition coefficient (Wildman–Crippen LogP) is 1.35. The molecular formula is C14H14N6O3. The predicted molar refractivity (Wildman–Crippen MR) is 81.3 cm³/mol. The van der Waals surface area contributed by atoms with Crippen LogP contribution in [-0.4, -0.2) is 36.7 Å². The van der Waals surface area contributed by atoms with Crippen LogP contribution in [0.15, 0.2) is 40.8 Å². The molecule has 1 aliphatic rings. The second kappa shape index (κ2) is 5.43. The van der Waals surface area contributed by atoms with Crippen LogP contribution in [0, 0.1) is 4.91 Å². The van der Waals surface area contributed by atoms with Crippen LogP contribution in [0.3, 0.4) is 0 Å². The zero-order valence-electron chi connectivity index (χ0n) is 12.1. The highest BCUT2D eigenvalue weighted by molar-refractivity contribution is 5.78. The summed E-state index contributed by atoms with van der Waals surface area (Å²) in [5.74, 6) is 0.597. The quantitative estimate of drug-likeness (QED) is 0.731. The van der Waals surface area contributed by atoms with Crippen LogP contribution in [-0.2, 0) is 4.74 Å². The van der Waals surface area contributed by atoms with E-state index in [0.29, 0.717) is 29.8 Å². The Kier molecular flexibility index (Phi) is 3.27. The van der Waals surface area contributed by atoms with Crippen molar-refractivity contribution in [1.29, 1.82) is 0 Å². The molecule has 118 valence electrons. The van der Waals surface area contributed by atoms with Gasteiger partial charge in [-0.1, -0.05) is 5.18 Å². The zero-order chi connectivity index (χ0) is 15.8. The fourth-order valence-corrected chi connectivity index (χ4v) is 2.96. The van der Waals surface area contributed by atoms with Gasteiger partial charge >= 0.3 is 5.69 Å². The van der Waals surface area contributed by atoms with Crippen LogP contribution in [0.2, 0.25) is 0 Å². The third-order valence-electron chi connectivity index (χ3n) is 3.99. The highest BCUT2D eigenvalue weighted by atomic mass is 16.5. The van der Waals surface area contributed by atoms with Gasteiger partial charge in [0.1, 0.15) is 24.6 Å². The second-order valence-electron chi connectivity index (χ2n) is 5.39. The molecule has 0 radical (unpaired) electrons. The van der Waals surface area contributed by atoms with Gasteiger partial charge in [-0.15, -0.1) is 0 Å². The lowest BCUT2D eigenvalue weighted by molar-refractivity contribution is 0.00697. The maximum Gasteiger partial charge on any atom is 0.329 e. The number of nitrogens with one attached hydrogen (secondary N) is 1. The Morgan fingerprint density at radius 1 is 1.30 bits per heavy atom. The molecule has 1 saturated heterocycles. The molecule has 2 unspecified atom stereocenters. The number of fused-ring (bicyclic) bond motifs is 1. The van der Waals surface area contributed by atoms with Gasteiger partial charge in [0.15, 0.2) is 11.5 Å². The van der Waals surface area contributed by atoms with Gasteiger partial charge in [-0.2, -0.15) is 4.91 Å². The SMILES string of the molecule is O=NCC1CCC(n2c(=O)[nH]c3c(-n4cccc4)ncnc32)O1. The maximum atomic E-state index is 12.4. The van der Waals surface area contributed by atoms with Crippen molar-refractivity contribution in [2.75, 3.05) is 6.54 Å². The molecule has 9 heteroatoms. The number of nitrogens with zero attached hydrogens (tertiary/aromatic N) is 5. The second-order valence-corrected chi connectivity index (χ2v) is 5.39. The third-order valence-corrected chi connectivity index (χ3v) is 3.99. The van der Waals surface area contributed by atoms with Crippen molar-refractivity contribution in [1.82, 2.24) is 24.1 Å². The normalized spacial score (nSPS) is 21.0. The lowest BCUT2D eigenvalue weighted by Crippen LogP contribution is -2.23. The van der Waals surface area contributed by atoms with Crippen molar-refractivity contribution in [2.45, 2.75) is 25.2 Å². The van der Waals surface area contributed by atoms with Gasteiger partial charge in [-0.25, -0.2) is 19.3 Å². The molecule has 0 bridgehead atoms. The average Bonchev–Trinajstić information content (AvgIpc) is 3.25. The summed E-state index contributed by atoms with van der Waals surface area (Å²) in [5, 5.41) is 2.87. The molecule has 4 heterocycles. The van der Waals surface area contributed by atoms with Crippen molar-refractivity contribution in [3.63, 3.8) is 0 Å². The summed E-state index contributed by atoms with van der Waals surface area (Å²) < 4.78 is 9.03. The summed E-state index contributed by atoms with van der Waals surface area (Å²) in [6, 6.07) is 3.75. The van der Waals surface area contributed by atoms with E-state index in [0.717, 1.165) is 0 Å². The van der Waals surface area contributed by atoms with E-state index in [1.165, 1.54) is 10.9 Å².